The molecule has 2 heterocycles. The molecule has 1 aromatic carbocycles. The number of imidazole rings is 1. The van der Waals surface area contributed by atoms with E-state index in [-0.39, 0.29) is 16.2 Å². The van der Waals surface area contributed by atoms with Gasteiger partial charge in [0.1, 0.15) is 12.1 Å². The van der Waals surface area contributed by atoms with Crippen molar-refractivity contribution in [1.82, 2.24) is 14.5 Å². The fourth-order valence-corrected chi connectivity index (χ4v) is 2.18. The van der Waals surface area contributed by atoms with Gasteiger partial charge in [-0.25, -0.2) is 9.97 Å². The Morgan fingerprint density at radius 3 is 2.41 bits per heavy atom. The maximum atomic E-state index is 12.0. The zero-order valence-corrected chi connectivity index (χ0v) is 12.7. The summed E-state index contributed by atoms with van der Waals surface area (Å²) in [6, 6.07) is 12.4. The number of hydrogen-bond donors (Lipinski definition) is 1. The Morgan fingerprint density at radius 2 is 1.82 bits per heavy atom. The Kier molecular flexibility index (Phi) is 4.09. The number of amides is 1. The highest BCUT2D eigenvalue weighted by atomic mass is 35.5. The molecule has 0 saturated heterocycles. The van der Waals surface area contributed by atoms with Gasteiger partial charge in [0, 0.05) is 5.56 Å². The van der Waals surface area contributed by atoms with Crippen LogP contribution in [-0.2, 0) is 0 Å². The van der Waals surface area contributed by atoms with Gasteiger partial charge in [-0.1, -0.05) is 41.4 Å². The van der Waals surface area contributed by atoms with Crippen LogP contribution in [0.15, 0.2) is 55.0 Å². The Hall–Kier alpha value is -2.37. The molecule has 7 heteroatoms. The molecule has 2 aromatic heterocycles. The van der Waals surface area contributed by atoms with Crippen molar-refractivity contribution in [3.05, 3.63) is 70.9 Å². The number of anilines is 1. The van der Waals surface area contributed by atoms with Gasteiger partial charge in [0.05, 0.1) is 11.9 Å². The van der Waals surface area contributed by atoms with Gasteiger partial charge in [0.2, 0.25) is 0 Å². The molecule has 0 unspecified atom stereocenters. The van der Waals surface area contributed by atoms with Crippen LogP contribution in [0.1, 0.15) is 10.4 Å². The summed E-state index contributed by atoms with van der Waals surface area (Å²) in [4.78, 5) is 20.2. The molecule has 110 valence electrons. The number of rotatable bonds is 3. The van der Waals surface area contributed by atoms with Crippen molar-refractivity contribution in [3.63, 3.8) is 0 Å². The van der Waals surface area contributed by atoms with E-state index in [1.165, 1.54) is 6.33 Å². The average molecular weight is 333 g/mol. The second kappa shape index (κ2) is 6.17. The maximum Gasteiger partial charge on any atom is 0.255 e. The fraction of sp³-hybridized carbons (Fsp3) is 0. The fourth-order valence-electron chi connectivity index (χ4n) is 1.87. The lowest BCUT2D eigenvalue weighted by atomic mass is 10.2. The van der Waals surface area contributed by atoms with Crippen molar-refractivity contribution in [2.45, 2.75) is 0 Å². The Labute approximate surface area is 136 Å². The van der Waals surface area contributed by atoms with Crippen LogP contribution in [-0.4, -0.2) is 20.4 Å². The monoisotopic (exact) mass is 332 g/mol. The minimum Gasteiger partial charge on any atom is -0.321 e. The molecule has 5 nitrogen and oxygen atoms in total. The van der Waals surface area contributed by atoms with Crippen molar-refractivity contribution in [2.24, 2.45) is 0 Å². The van der Waals surface area contributed by atoms with Crippen LogP contribution < -0.4 is 5.32 Å². The molecule has 1 amide bonds. The van der Waals surface area contributed by atoms with Gasteiger partial charge in [0.15, 0.2) is 10.3 Å². The van der Waals surface area contributed by atoms with Crippen LogP contribution in [0.4, 0.5) is 5.69 Å². The molecule has 0 fully saturated rings. The van der Waals surface area contributed by atoms with Crippen LogP contribution in [0.5, 0.6) is 0 Å². The van der Waals surface area contributed by atoms with Gasteiger partial charge in [-0.3, -0.25) is 9.36 Å². The zero-order valence-electron chi connectivity index (χ0n) is 11.2. The molecule has 0 atom stereocenters. The summed E-state index contributed by atoms with van der Waals surface area (Å²) in [7, 11) is 0. The highest BCUT2D eigenvalue weighted by Gasteiger charge is 2.10. The second-order valence-corrected chi connectivity index (χ2v) is 5.14. The normalized spacial score (nSPS) is 10.5. The third kappa shape index (κ3) is 2.95. The first-order chi connectivity index (χ1) is 10.6. The quantitative estimate of drug-likeness (QED) is 0.792. The predicted molar refractivity (Wildman–Crippen MR) is 85.8 cm³/mol. The lowest BCUT2D eigenvalue weighted by Gasteiger charge is -2.07. The minimum atomic E-state index is -0.196. The standard InChI is InChI=1S/C15H10Cl2N4O/c16-13-14(17)21(9-19-13)12-7-6-11(8-18-12)20-15(22)10-4-2-1-3-5-10/h1-9H,(H,20,22). The molecule has 0 bridgehead atoms. The molecule has 3 rings (SSSR count). The molecule has 3 aromatic rings. The molecule has 22 heavy (non-hydrogen) atoms. The van der Waals surface area contributed by atoms with E-state index in [0.29, 0.717) is 17.1 Å². The van der Waals surface area contributed by atoms with E-state index >= 15 is 0 Å². The van der Waals surface area contributed by atoms with Crippen molar-refractivity contribution in [3.8, 4) is 5.82 Å². The predicted octanol–water partition coefficient (Wildman–Crippen LogP) is 3.83. The number of nitrogens with zero attached hydrogens (tertiary/aromatic N) is 3. The number of halogens is 2. The number of benzene rings is 1. The average Bonchev–Trinajstić information content (AvgIpc) is 2.89. The Bertz CT molecular complexity index is 800. The molecule has 0 aliphatic heterocycles. The molecule has 0 saturated carbocycles. The zero-order chi connectivity index (χ0) is 15.5. The molecule has 0 spiro atoms. The van der Waals surface area contributed by atoms with Crippen LogP contribution in [0.3, 0.4) is 0 Å². The van der Waals surface area contributed by atoms with Crippen LogP contribution in [0, 0.1) is 0 Å². The first-order valence-electron chi connectivity index (χ1n) is 6.36. The molecule has 0 aliphatic carbocycles. The van der Waals surface area contributed by atoms with Gasteiger partial charge in [-0.05, 0) is 24.3 Å². The first kappa shape index (κ1) is 14.6. The summed E-state index contributed by atoms with van der Waals surface area (Å²) in [6.45, 7) is 0. The minimum absolute atomic E-state index is 0.196. The van der Waals surface area contributed by atoms with Crippen LogP contribution >= 0.6 is 23.2 Å². The Balaban J connectivity index is 1.77. The summed E-state index contributed by atoms with van der Waals surface area (Å²) in [5.74, 6) is 0.362. The number of carbonyl (C=O) groups is 1. The summed E-state index contributed by atoms with van der Waals surface area (Å²) < 4.78 is 1.55. The van der Waals surface area contributed by atoms with Crippen LogP contribution in [0.25, 0.3) is 5.82 Å². The largest absolute Gasteiger partial charge is 0.321 e. The lowest BCUT2D eigenvalue weighted by Crippen LogP contribution is -2.12. The van der Waals surface area contributed by atoms with Gasteiger partial charge < -0.3 is 5.32 Å². The summed E-state index contributed by atoms with van der Waals surface area (Å²) in [5.41, 5.74) is 1.16. The smallest absolute Gasteiger partial charge is 0.255 e. The highest BCUT2D eigenvalue weighted by molar-refractivity contribution is 6.40. The van der Waals surface area contributed by atoms with Crippen LogP contribution in [0.2, 0.25) is 10.3 Å². The highest BCUT2D eigenvalue weighted by Crippen LogP contribution is 2.23. The third-order valence-electron chi connectivity index (χ3n) is 2.96. The maximum absolute atomic E-state index is 12.0. The summed E-state index contributed by atoms with van der Waals surface area (Å²) in [6.07, 6.45) is 3.02. The lowest BCUT2D eigenvalue weighted by molar-refractivity contribution is 0.102. The number of pyridine rings is 1. The van der Waals surface area contributed by atoms with E-state index in [4.69, 9.17) is 23.2 Å². The van der Waals surface area contributed by atoms with E-state index in [1.54, 1.807) is 47.2 Å². The van der Waals surface area contributed by atoms with E-state index < -0.39 is 0 Å². The van der Waals surface area contributed by atoms with Gasteiger partial charge in [-0.2, -0.15) is 0 Å². The van der Waals surface area contributed by atoms with E-state index in [2.05, 4.69) is 15.3 Å². The first-order valence-corrected chi connectivity index (χ1v) is 7.12. The van der Waals surface area contributed by atoms with Crippen molar-refractivity contribution in [1.29, 1.82) is 0 Å². The Morgan fingerprint density at radius 1 is 1.05 bits per heavy atom. The molecule has 0 aliphatic rings. The van der Waals surface area contributed by atoms with Gasteiger partial charge >= 0.3 is 0 Å². The third-order valence-corrected chi connectivity index (χ3v) is 3.69. The van der Waals surface area contributed by atoms with Crippen molar-refractivity contribution >= 4 is 34.8 Å². The van der Waals surface area contributed by atoms with Gasteiger partial charge in [0.25, 0.3) is 5.91 Å². The van der Waals surface area contributed by atoms with E-state index in [0.717, 1.165) is 0 Å². The number of hydrogen-bond acceptors (Lipinski definition) is 3. The number of nitrogens with one attached hydrogen (secondary N) is 1. The van der Waals surface area contributed by atoms with Crippen molar-refractivity contribution < 1.29 is 4.79 Å². The topological polar surface area (TPSA) is 59.8 Å². The SMILES string of the molecule is O=C(Nc1ccc(-n2cnc(Cl)c2Cl)nc1)c1ccccc1. The number of aromatic nitrogens is 3. The molecular weight excluding hydrogens is 323 g/mol. The molecular formula is C15H10Cl2N4O. The second-order valence-electron chi connectivity index (χ2n) is 4.42. The molecule has 1 N–H and O–H groups in total. The van der Waals surface area contributed by atoms with Crippen molar-refractivity contribution in [2.75, 3.05) is 5.32 Å². The van der Waals surface area contributed by atoms with E-state index in [1.807, 2.05) is 6.07 Å². The summed E-state index contributed by atoms with van der Waals surface area (Å²) in [5, 5.41) is 3.27. The summed E-state index contributed by atoms with van der Waals surface area (Å²) >= 11 is 11.8. The molecule has 0 radical (unpaired) electrons. The number of carbonyl (C=O) groups excluding carboxylic acids is 1. The van der Waals surface area contributed by atoms with E-state index in [9.17, 15) is 4.79 Å². The van der Waals surface area contributed by atoms with Gasteiger partial charge in [-0.15, -0.1) is 0 Å².